The molecule has 0 radical (unpaired) electrons. The van der Waals surface area contributed by atoms with Gasteiger partial charge in [-0.25, -0.2) is 0 Å². The lowest BCUT2D eigenvalue weighted by Crippen LogP contribution is -2.07. The van der Waals surface area contributed by atoms with Crippen molar-refractivity contribution in [1.29, 1.82) is 0 Å². The minimum atomic E-state index is -0.598. The quantitative estimate of drug-likeness (QED) is 0.911. The van der Waals surface area contributed by atoms with Gasteiger partial charge in [0.25, 0.3) is 0 Å². The van der Waals surface area contributed by atoms with Crippen LogP contribution in [0.5, 0.6) is 5.75 Å². The average Bonchev–Trinajstić information content (AvgIpc) is 2.80. The number of nitrogens with zero attached hydrogens (tertiary/aromatic N) is 2. The highest BCUT2D eigenvalue weighted by Crippen LogP contribution is 2.29. The van der Waals surface area contributed by atoms with Crippen LogP contribution in [0.1, 0.15) is 30.0 Å². The molecule has 0 spiro atoms. The van der Waals surface area contributed by atoms with E-state index in [2.05, 4.69) is 28.0 Å². The van der Waals surface area contributed by atoms with Crippen LogP contribution >= 0.6 is 15.9 Å². The number of aliphatic hydroxyl groups excluding tert-OH is 1. The predicted molar refractivity (Wildman–Crippen MR) is 81.9 cm³/mol. The van der Waals surface area contributed by atoms with E-state index < -0.39 is 6.10 Å². The third-order valence-electron chi connectivity index (χ3n) is 3.35. The number of ether oxygens (including phenoxy) is 1. The number of aromatic nitrogens is 2. The molecule has 4 nitrogen and oxygen atoms in total. The zero-order valence-electron chi connectivity index (χ0n) is 11.9. The third kappa shape index (κ3) is 3.22. The number of benzene rings is 1. The zero-order valence-corrected chi connectivity index (χ0v) is 13.5. The highest BCUT2D eigenvalue weighted by atomic mass is 79.9. The van der Waals surface area contributed by atoms with Crippen molar-refractivity contribution in [3.63, 3.8) is 0 Å². The molecular formula is C15H19BrN2O2. The largest absolute Gasteiger partial charge is 0.497 e. The molecule has 1 N–H and O–H groups in total. The summed E-state index contributed by atoms with van der Waals surface area (Å²) >= 11 is 3.47. The molecule has 0 aliphatic heterocycles. The normalized spacial score (nSPS) is 12.4. The van der Waals surface area contributed by atoms with Gasteiger partial charge in [-0.15, -0.1) is 0 Å². The van der Waals surface area contributed by atoms with Crippen LogP contribution in [0.15, 0.2) is 28.7 Å². The molecule has 0 aliphatic carbocycles. The van der Waals surface area contributed by atoms with E-state index in [9.17, 15) is 5.11 Å². The Morgan fingerprint density at radius 1 is 1.40 bits per heavy atom. The van der Waals surface area contributed by atoms with Gasteiger partial charge in [0, 0.05) is 23.6 Å². The summed E-state index contributed by atoms with van der Waals surface area (Å²) in [4.78, 5) is 0. The molecular weight excluding hydrogens is 320 g/mol. The van der Waals surface area contributed by atoms with Gasteiger partial charge in [-0.05, 0) is 36.2 Å². The number of hydrogen-bond acceptors (Lipinski definition) is 3. The van der Waals surface area contributed by atoms with E-state index in [0.29, 0.717) is 6.42 Å². The van der Waals surface area contributed by atoms with E-state index in [1.165, 1.54) is 0 Å². The van der Waals surface area contributed by atoms with Gasteiger partial charge in [0.2, 0.25) is 0 Å². The van der Waals surface area contributed by atoms with Gasteiger partial charge in [-0.2, -0.15) is 5.10 Å². The van der Waals surface area contributed by atoms with Crippen molar-refractivity contribution in [3.8, 4) is 5.75 Å². The highest BCUT2D eigenvalue weighted by molar-refractivity contribution is 9.10. The fraction of sp³-hybridized carbons (Fsp3) is 0.400. The first-order valence-electron chi connectivity index (χ1n) is 6.58. The monoisotopic (exact) mass is 338 g/mol. The number of halogens is 1. The molecule has 0 saturated carbocycles. The van der Waals surface area contributed by atoms with Gasteiger partial charge < -0.3 is 9.84 Å². The fourth-order valence-electron chi connectivity index (χ4n) is 2.15. The molecule has 1 atom stereocenters. The van der Waals surface area contributed by atoms with Crippen molar-refractivity contribution >= 4 is 15.9 Å². The Labute approximate surface area is 127 Å². The number of hydrogen-bond donors (Lipinski definition) is 1. The van der Waals surface area contributed by atoms with Crippen LogP contribution in [0.3, 0.4) is 0 Å². The van der Waals surface area contributed by atoms with Gasteiger partial charge in [0.15, 0.2) is 0 Å². The lowest BCUT2D eigenvalue weighted by atomic mass is 10.0. The lowest BCUT2D eigenvalue weighted by Gasteiger charge is -2.14. The van der Waals surface area contributed by atoms with Crippen LogP contribution in [-0.4, -0.2) is 22.0 Å². The highest BCUT2D eigenvalue weighted by Gasteiger charge is 2.16. The van der Waals surface area contributed by atoms with Crippen LogP contribution in [0, 0.1) is 0 Å². The SMILES string of the molecule is CCc1cc(CC(O)c2cc(OC)ccc2Br)n(C)n1. The van der Waals surface area contributed by atoms with Gasteiger partial charge in [0.05, 0.1) is 18.9 Å². The second-order valence-electron chi connectivity index (χ2n) is 4.71. The van der Waals surface area contributed by atoms with Crippen molar-refractivity contribution in [2.24, 2.45) is 7.05 Å². The number of rotatable bonds is 5. The summed E-state index contributed by atoms with van der Waals surface area (Å²) in [5.41, 5.74) is 2.88. The Hall–Kier alpha value is -1.33. The summed E-state index contributed by atoms with van der Waals surface area (Å²) in [6.45, 7) is 2.07. The first-order valence-corrected chi connectivity index (χ1v) is 7.37. The molecule has 0 saturated heterocycles. The molecule has 0 amide bonds. The fourth-order valence-corrected chi connectivity index (χ4v) is 2.66. The maximum atomic E-state index is 10.5. The second-order valence-corrected chi connectivity index (χ2v) is 5.57. The van der Waals surface area contributed by atoms with Crippen LogP contribution in [-0.2, 0) is 19.9 Å². The maximum Gasteiger partial charge on any atom is 0.119 e. The first-order chi connectivity index (χ1) is 9.55. The molecule has 2 rings (SSSR count). The van der Waals surface area contributed by atoms with Crippen molar-refractivity contribution < 1.29 is 9.84 Å². The Morgan fingerprint density at radius 3 is 2.75 bits per heavy atom. The van der Waals surface area contributed by atoms with Gasteiger partial charge in [-0.1, -0.05) is 22.9 Å². The summed E-state index contributed by atoms with van der Waals surface area (Å²) in [5.74, 6) is 0.738. The Balaban J connectivity index is 2.22. The van der Waals surface area contributed by atoms with Crippen molar-refractivity contribution in [2.75, 3.05) is 7.11 Å². The summed E-state index contributed by atoms with van der Waals surface area (Å²) in [7, 11) is 3.52. The molecule has 2 aromatic rings. The van der Waals surface area contributed by atoms with E-state index in [0.717, 1.165) is 33.6 Å². The molecule has 1 aromatic carbocycles. The second kappa shape index (κ2) is 6.41. The summed E-state index contributed by atoms with van der Waals surface area (Å²) in [5, 5.41) is 14.9. The summed E-state index contributed by atoms with van der Waals surface area (Å²) < 4.78 is 7.91. The molecule has 108 valence electrons. The Bertz CT molecular complexity index is 596. The molecule has 0 fully saturated rings. The van der Waals surface area contributed by atoms with Gasteiger partial charge in [-0.3, -0.25) is 4.68 Å². The van der Waals surface area contributed by atoms with E-state index in [1.54, 1.807) is 7.11 Å². The van der Waals surface area contributed by atoms with Crippen LogP contribution in [0.4, 0.5) is 0 Å². The minimum absolute atomic E-state index is 0.523. The van der Waals surface area contributed by atoms with E-state index in [4.69, 9.17) is 4.74 Å². The topological polar surface area (TPSA) is 47.3 Å². The molecule has 0 bridgehead atoms. The average molecular weight is 339 g/mol. The van der Waals surface area contributed by atoms with Crippen LogP contribution in [0.25, 0.3) is 0 Å². The minimum Gasteiger partial charge on any atom is -0.497 e. The summed E-state index contributed by atoms with van der Waals surface area (Å²) in [6, 6.07) is 7.64. The Morgan fingerprint density at radius 2 is 2.15 bits per heavy atom. The van der Waals surface area contributed by atoms with Crippen LogP contribution < -0.4 is 4.74 Å². The predicted octanol–water partition coefficient (Wildman–Crippen LogP) is 3.03. The molecule has 1 aromatic heterocycles. The third-order valence-corrected chi connectivity index (χ3v) is 4.08. The summed E-state index contributed by atoms with van der Waals surface area (Å²) in [6.07, 6.45) is 0.821. The van der Waals surface area contributed by atoms with Crippen molar-refractivity contribution in [1.82, 2.24) is 9.78 Å². The standard InChI is InChI=1S/C15H19BrN2O2/c1-4-10-7-11(18(2)17-10)8-15(19)13-9-12(20-3)5-6-14(13)16/h5-7,9,15,19H,4,8H2,1-3H3. The molecule has 20 heavy (non-hydrogen) atoms. The number of methoxy groups -OCH3 is 1. The van der Waals surface area contributed by atoms with Crippen molar-refractivity contribution in [2.45, 2.75) is 25.9 Å². The van der Waals surface area contributed by atoms with Crippen LogP contribution in [0.2, 0.25) is 0 Å². The van der Waals surface area contributed by atoms with E-state index in [-0.39, 0.29) is 0 Å². The van der Waals surface area contributed by atoms with Gasteiger partial charge in [0.1, 0.15) is 5.75 Å². The van der Waals surface area contributed by atoms with Gasteiger partial charge >= 0.3 is 0 Å². The van der Waals surface area contributed by atoms with E-state index in [1.807, 2.05) is 36.0 Å². The molecule has 0 aliphatic rings. The van der Waals surface area contributed by atoms with E-state index >= 15 is 0 Å². The smallest absolute Gasteiger partial charge is 0.119 e. The zero-order chi connectivity index (χ0) is 14.7. The maximum absolute atomic E-state index is 10.5. The number of aliphatic hydroxyl groups is 1. The Kier molecular flexibility index (Phi) is 4.83. The first kappa shape index (κ1) is 15.1. The number of aryl methyl sites for hydroxylation is 2. The lowest BCUT2D eigenvalue weighted by molar-refractivity contribution is 0.174. The molecule has 5 heteroatoms. The molecule has 1 heterocycles. The molecule has 1 unspecified atom stereocenters. The van der Waals surface area contributed by atoms with Crippen molar-refractivity contribution in [3.05, 3.63) is 45.7 Å².